The van der Waals surface area contributed by atoms with Crippen LogP contribution in [0.2, 0.25) is 0 Å². The van der Waals surface area contributed by atoms with E-state index in [-0.39, 0.29) is 11.8 Å². The van der Waals surface area contributed by atoms with Crippen LogP contribution in [-0.2, 0) is 4.79 Å². The van der Waals surface area contributed by atoms with Crippen LogP contribution in [0.4, 0.5) is 0 Å². The number of benzene rings is 1. The first-order chi connectivity index (χ1) is 10.0. The van der Waals surface area contributed by atoms with Crippen LogP contribution in [0, 0.1) is 11.8 Å². The van der Waals surface area contributed by atoms with Crippen molar-refractivity contribution in [3.05, 3.63) is 30.3 Å². The van der Waals surface area contributed by atoms with Crippen molar-refractivity contribution < 1.29 is 9.53 Å². The average molecular weight is 292 g/mol. The first kappa shape index (κ1) is 17.5. The Labute approximate surface area is 128 Å². The Morgan fingerprint density at radius 1 is 1.29 bits per heavy atom. The molecule has 1 unspecified atom stereocenters. The van der Waals surface area contributed by atoms with Crippen LogP contribution in [0.25, 0.3) is 0 Å². The summed E-state index contributed by atoms with van der Waals surface area (Å²) in [4.78, 5) is 14.1. The molecular weight excluding hydrogens is 264 g/mol. The van der Waals surface area contributed by atoms with Gasteiger partial charge in [0.05, 0.1) is 12.5 Å². The van der Waals surface area contributed by atoms with Crippen LogP contribution >= 0.6 is 0 Å². The molecule has 1 atom stereocenters. The van der Waals surface area contributed by atoms with Gasteiger partial charge in [-0.1, -0.05) is 32.0 Å². The highest BCUT2D eigenvalue weighted by molar-refractivity contribution is 5.78. The highest BCUT2D eigenvalue weighted by Crippen LogP contribution is 2.13. The molecule has 2 N–H and O–H groups in total. The lowest BCUT2D eigenvalue weighted by Gasteiger charge is -2.24. The van der Waals surface area contributed by atoms with E-state index in [0.29, 0.717) is 25.6 Å². The summed E-state index contributed by atoms with van der Waals surface area (Å²) in [5.74, 6) is 1.43. The number of amides is 1. The molecule has 0 saturated heterocycles. The van der Waals surface area contributed by atoms with Gasteiger partial charge in [-0.25, -0.2) is 0 Å². The summed E-state index contributed by atoms with van der Waals surface area (Å²) in [6, 6.07) is 9.72. The minimum absolute atomic E-state index is 0.0648. The van der Waals surface area contributed by atoms with E-state index in [4.69, 9.17) is 10.5 Å². The predicted molar refractivity (Wildman–Crippen MR) is 86.2 cm³/mol. The van der Waals surface area contributed by atoms with Crippen molar-refractivity contribution in [1.82, 2.24) is 4.90 Å². The molecule has 0 fully saturated rings. The van der Waals surface area contributed by atoms with Gasteiger partial charge in [0, 0.05) is 20.1 Å². The molecule has 0 aromatic heterocycles. The van der Waals surface area contributed by atoms with E-state index < -0.39 is 0 Å². The molecule has 21 heavy (non-hydrogen) atoms. The third-order valence-corrected chi connectivity index (χ3v) is 3.42. The number of hydrogen-bond donors (Lipinski definition) is 1. The summed E-state index contributed by atoms with van der Waals surface area (Å²) in [5.41, 5.74) is 5.72. The van der Waals surface area contributed by atoms with Crippen LogP contribution < -0.4 is 10.5 Å². The number of rotatable bonds is 9. The molecule has 0 aliphatic rings. The second-order valence-corrected chi connectivity index (χ2v) is 5.84. The van der Waals surface area contributed by atoms with Crippen LogP contribution in [0.1, 0.15) is 26.7 Å². The van der Waals surface area contributed by atoms with Gasteiger partial charge in [-0.05, 0) is 30.9 Å². The zero-order chi connectivity index (χ0) is 15.7. The normalized spacial score (nSPS) is 12.2. The third kappa shape index (κ3) is 6.63. The van der Waals surface area contributed by atoms with Gasteiger partial charge >= 0.3 is 0 Å². The van der Waals surface area contributed by atoms with Gasteiger partial charge in [0.25, 0.3) is 0 Å². The number of para-hydroxylation sites is 1. The van der Waals surface area contributed by atoms with Crippen molar-refractivity contribution in [3.8, 4) is 5.75 Å². The minimum Gasteiger partial charge on any atom is -0.494 e. The lowest BCUT2D eigenvalue weighted by atomic mass is 9.96. The summed E-state index contributed by atoms with van der Waals surface area (Å²) in [6.07, 6.45) is 1.66. The largest absolute Gasteiger partial charge is 0.494 e. The molecule has 4 nitrogen and oxygen atoms in total. The van der Waals surface area contributed by atoms with E-state index in [1.807, 2.05) is 37.4 Å². The quantitative estimate of drug-likeness (QED) is 0.712. The molecule has 0 aliphatic heterocycles. The average Bonchev–Trinajstić information content (AvgIpc) is 2.49. The molecule has 0 saturated carbocycles. The number of carbonyl (C=O) groups is 1. The summed E-state index contributed by atoms with van der Waals surface area (Å²) in [7, 11) is 1.84. The molecule has 1 aromatic carbocycles. The number of nitrogens with zero attached hydrogens (tertiary/aromatic N) is 1. The van der Waals surface area contributed by atoms with Gasteiger partial charge in [0.2, 0.25) is 5.91 Å². The lowest BCUT2D eigenvalue weighted by molar-refractivity contribution is -0.134. The van der Waals surface area contributed by atoms with E-state index in [0.717, 1.165) is 18.6 Å². The number of ether oxygens (including phenoxy) is 1. The Morgan fingerprint density at radius 3 is 2.52 bits per heavy atom. The molecule has 0 spiro atoms. The SMILES string of the molecule is CC(C)CC(CN)C(=O)N(C)CCCOc1ccccc1. The number of hydrogen-bond acceptors (Lipinski definition) is 3. The Balaban J connectivity index is 2.28. The highest BCUT2D eigenvalue weighted by atomic mass is 16.5. The van der Waals surface area contributed by atoms with Crippen LogP contribution in [0.15, 0.2) is 30.3 Å². The van der Waals surface area contributed by atoms with Crippen molar-refractivity contribution >= 4 is 5.91 Å². The summed E-state index contributed by atoms with van der Waals surface area (Å²) in [5, 5.41) is 0. The maximum atomic E-state index is 12.3. The molecule has 0 aliphatic carbocycles. The fourth-order valence-electron chi connectivity index (χ4n) is 2.30. The van der Waals surface area contributed by atoms with E-state index in [1.54, 1.807) is 4.90 Å². The summed E-state index contributed by atoms with van der Waals surface area (Å²) < 4.78 is 5.62. The first-order valence-electron chi connectivity index (χ1n) is 7.67. The summed E-state index contributed by atoms with van der Waals surface area (Å²) in [6.45, 7) is 5.95. The molecule has 0 radical (unpaired) electrons. The van der Waals surface area contributed by atoms with Crippen molar-refractivity contribution in [2.45, 2.75) is 26.7 Å². The third-order valence-electron chi connectivity index (χ3n) is 3.42. The van der Waals surface area contributed by atoms with Gasteiger partial charge in [-0.3, -0.25) is 4.79 Å². The highest BCUT2D eigenvalue weighted by Gasteiger charge is 2.21. The van der Waals surface area contributed by atoms with E-state index in [9.17, 15) is 4.79 Å². The Hall–Kier alpha value is -1.55. The van der Waals surface area contributed by atoms with Gasteiger partial charge in [-0.15, -0.1) is 0 Å². The Morgan fingerprint density at radius 2 is 1.95 bits per heavy atom. The van der Waals surface area contributed by atoms with E-state index in [1.165, 1.54) is 0 Å². The van der Waals surface area contributed by atoms with E-state index in [2.05, 4.69) is 13.8 Å². The fraction of sp³-hybridized carbons (Fsp3) is 0.588. The van der Waals surface area contributed by atoms with Crippen molar-refractivity contribution in [3.63, 3.8) is 0 Å². The maximum Gasteiger partial charge on any atom is 0.226 e. The monoisotopic (exact) mass is 292 g/mol. The van der Waals surface area contributed by atoms with Crippen molar-refractivity contribution in [1.29, 1.82) is 0 Å². The number of nitrogens with two attached hydrogens (primary N) is 1. The fourth-order valence-corrected chi connectivity index (χ4v) is 2.30. The molecule has 118 valence electrons. The molecule has 0 bridgehead atoms. The van der Waals surface area contributed by atoms with Crippen LogP contribution in [0.5, 0.6) is 5.75 Å². The van der Waals surface area contributed by atoms with E-state index >= 15 is 0 Å². The lowest BCUT2D eigenvalue weighted by Crippen LogP contribution is -2.38. The Bertz CT molecular complexity index is 407. The zero-order valence-electron chi connectivity index (χ0n) is 13.4. The molecule has 4 heteroatoms. The van der Waals surface area contributed by atoms with Gasteiger partial charge in [0.15, 0.2) is 0 Å². The molecule has 1 aromatic rings. The van der Waals surface area contributed by atoms with Crippen LogP contribution in [-0.4, -0.2) is 37.6 Å². The molecule has 1 amide bonds. The Kier molecular flexibility index (Phi) is 7.83. The standard InChI is InChI=1S/C17H28N2O2/c1-14(2)12-15(13-18)17(20)19(3)10-7-11-21-16-8-5-4-6-9-16/h4-6,8-9,14-15H,7,10-13,18H2,1-3H3. The second-order valence-electron chi connectivity index (χ2n) is 5.84. The summed E-state index contributed by atoms with van der Waals surface area (Å²) >= 11 is 0. The first-order valence-corrected chi connectivity index (χ1v) is 7.67. The van der Waals surface area contributed by atoms with Gasteiger partial charge < -0.3 is 15.4 Å². The zero-order valence-corrected chi connectivity index (χ0v) is 13.4. The van der Waals surface area contributed by atoms with Crippen molar-refractivity contribution in [2.24, 2.45) is 17.6 Å². The minimum atomic E-state index is -0.0648. The van der Waals surface area contributed by atoms with Gasteiger partial charge in [0.1, 0.15) is 5.75 Å². The van der Waals surface area contributed by atoms with Gasteiger partial charge in [-0.2, -0.15) is 0 Å². The van der Waals surface area contributed by atoms with Crippen molar-refractivity contribution in [2.75, 3.05) is 26.7 Å². The predicted octanol–water partition coefficient (Wildman–Crippen LogP) is 2.53. The van der Waals surface area contributed by atoms with Crippen LogP contribution in [0.3, 0.4) is 0 Å². The topological polar surface area (TPSA) is 55.6 Å². The number of carbonyl (C=O) groups excluding carboxylic acids is 1. The maximum absolute atomic E-state index is 12.3. The molecule has 1 rings (SSSR count). The molecule has 0 heterocycles. The smallest absolute Gasteiger partial charge is 0.226 e. The second kappa shape index (κ2) is 9.40. The molecular formula is C17H28N2O2.